The number of carbonyl (C=O) groups excluding carboxylic acids is 3. The first kappa shape index (κ1) is 16.9. The van der Waals surface area contributed by atoms with Crippen molar-refractivity contribution in [1.29, 1.82) is 0 Å². The number of ether oxygens (including phenoxy) is 1. The van der Waals surface area contributed by atoms with E-state index in [0.717, 1.165) is 25.7 Å². The topological polar surface area (TPSA) is 84.5 Å². The average molecular weight is 322 g/mol. The quantitative estimate of drug-likeness (QED) is 0.808. The van der Waals surface area contributed by atoms with Crippen LogP contribution in [0.4, 0.5) is 9.18 Å². The molecule has 0 unspecified atom stereocenters. The molecule has 1 aromatic carbocycles. The predicted molar refractivity (Wildman–Crippen MR) is 80.0 cm³/mol. The summed E-state index contributed by atoms with van der Waals surface area (Å²) in [5.74, 6) is -1.81. The van der Waals surface area contributed by atoms with Crippen molar-refractivity contribution in [2.45, 2.75) is 38.1 Å². The zero-order valence-corrected chi connectivity index (χ0v) is 12.6. The summed E-state index contributed by atoms with van der Waals surface area (Å²) in [5.41, 5.74) is 0.453. The molecule has 2 rings (SSSR count). The zero-order chi connectivity index (χ0) is 16.7. The highest BCUT2D eigenvalue weighted by atomic mass is 19.1. The molecule has 0 heterocycles. The number of urea groups is 1. The van der Waals surface area contributed by atoms with Gasteiger partial charge in [0.2, 0.25) is 0 Å². The van der Waals surface area contributed by atoms with E-state index in [1.807, 2.05) is 0 Å². The first-order valence-corrected chi connectivity index (χ1v) is 7.53. The minimum absolute atomic E-state index is 0.0957. The summed E-state index contributed by atoms with van der Waals surface area (Å²) < 4.78 is 17.7. The Labute approximate surface area is 133 Å². The number of halogens is 1. The molecule has 0 aromatic heterocycles. The summed E-state index contributed by atoms with van der Waals surface area (Å²) in [6.07, 6.45) is 3.81. The second-order valence-electron chi connectivity index (χ2n) is 5.47. The third kappa shape index (κ3) is 6.06. The fourth-order valence-corrected chi connectivity index (χ4v) is 2.47. The number of nitrogens with one attached hydrogen (secondary N) is 2. The van der Waals surface area contributed by atoms with Crippen LogP contribution < -0.4 is 10.6 Å². The lowest BCUT2D eigenvalue weighted by molar-refractivity contribution is -0.147. The van der Waals surface area contributed by atoms with E-state index < -0.39 is 30.3 Å². The molecule has 23 heavy (non-hydrogen) atoms. The molecular weight excluding hydrogens is 303 g/mol. The van der Waals surface area contributed by atoms with Crippen LogP contribution in [0, 0.1) is 5.82 Å². The van der Waals surface area contributed by atoms with Gasteiger partial charge in [-0.2, -0.15) is 0 Å². The van der Waals surface area contributed by atoms with E-state index in [2.05, 4.69) is 10.6 Å². The van der Waals surface area contributed by atoms with E-state index in [0.29, 0.717) is 5.56 Å². The Hall–Kier alpha value is -2.44. The summed E-state index contributed by atoms with van der Waals surface area (Å²) >= 11 is 0. The highest BCUT2D eigenvalue weighted by Crippen LogP contribution is 2.17. The van der Waals surface area contributed by atoms with Crippen LogP contribution in [-0.2, 0) is 20.7 Å². The van der Waals surface area contributed by atoms with Crippen molar-refractivity contribution in [3.8, 4) is 0 Å². The van der Waals surface area contributed by atoms with Crippen LogP contribution in [0.15, 0.2) is 24.3 Å². The van der Waals surface area contributed by atoms with Gasteiger partial charge in [-0.15, -0.1) is 0 Å². The van der Waals surface area contributed by atoms with Gasteiger partial charge in [0.1, 0.15) is 5.82 Å². The van der Waals surface area contributed by atoms with Crippen molar-refractivity contribution in [1.82, 2.24) is 10.6 Å². The maximum absolute atomic E-state index is 13.0. The molecule has 1 aliphatic rings. The molecule has 3 amide bonds. The highest BCUT2D eigenvalue weighted by Gasteiger charge is 2.18. The Morgan fingerprint density at radius 2 is 1.96 bits per heavy atom. The molecule has 1 saturated carbocycles. The van der Waals surface area contributed by atoms with Crippen LogP contribution in [0.5, 0.6) is 0 Å². The molecule has 1 aromatic rings. The van der Waals surface area contributed by atoms with Crippen LogP contribution in [0.1, 0.15) is 31.2 Å². The van der Waals surface area contributed by atoms with Crippen molar-refractivity contribution in [2.75, 3.05) is 6.61 Å². The van der Waals surface area contributed by atoms with Gasteiger partial charge < -0.3 is 10.1 Å². The number of rotatable bonds is 5. The van der Waals surface area contributed by atoms with Gasteiger partial charge in [0.15, 0.2) is 6.61 Å². The number of carbonyl (C=O) groups is 3. The molecule has 0 bridgehead atoms. The minimum atomic E-state index is -0.701. The van der Waals surface area contributed by atoms with Gasteiger partial charge in [-0.3, -0.25) is 14.9 Å². The Bertz CT molecular complexity index is 585. The van der Waals surface area contributed by atoms with E-state index >= 15 is 0 Å². The zero-order valence-electron chi connectivity index (χ0n) is 12.6. The van der Waals surface area contributed by atoms with Gasteiger partial charge in [0, 0.05) is 6.04 Å². The van der Waals surface area contributed by atoms with Gasteiger partial charge in [0.05, 0.1) is 6.42 Å². The van der Waals surface area contributed by atoms with Crippen molar-refractivity contribution in [3.05, 3.63) is 35.6 Å². The molecule has 7 heteroatoms. The van der Waals surface area contributed by atoms with Crippen LogP contribution in [0.2, 0.25) is 0 Å². The number of esters is 1. The van der Waals surface area contributed by atoms with E-state index in [1.165, 1.54) is 18.2 Å². The second kappa shape index (κ2) is 8.26. The van der Waals surface area contributed by atoms with Gasteiger partial charge in [0.25, 0.3) is 5.91 Å². The maximum atomic E-state index is 13.0. The number of imide groups is 1. The van der Waals surface area contributed by atoms with E-state index in [-0.39, 0.29) is 12.5 Å². The van der Waals surface area contributed by atoms with Gasteiger partial charge in [-0.25, -0.2) is 9.18 Å². The molecule has 0 atom stereocenters. The van der Waals surface area contributed by atoms with Crippen molar-refractivity contribution < 1.29 is 23.5 Å². The summed E-state index contributed by atoms with van der Waals surface area (Å²) in [6.45, 7) is -0.549. The summed E-state index contributed by atoms with van der Waals surface area (Å²) in [7, 11) is 0. The molecule has 0 spiro atoms. The predicted octanol–water partition coefficient (Wildman–Crippen LogP) is 1.68. The molecule has 0 saturated heterocycles. The van der Waals surface area contributed by atoms with E-state index in [4.69, 9.17) is 4.74 Å². The molecule has 1 aliphatic carbocycles. The van der Waals surface area contributed by atoms with E-state index in [9.17, 15) is 18.8 Å². The Morgan fingerprint density at radius 1 is 1.22 bits per heavy atom. The first-order chi connectivity index (χ1) is 11.0. The molecule has 6 nitrogen and oxygen atoms in total. The normalized spacial score (nSPS) is 14.3. The molecule has 0 aliphatic heterocycles. The summed E-state index contributed by atoms with van der Waals surface area (Å²) in [5, 5.41) is 4.80. The molecular formula is C16H19FN2O4. The monoisotopic (exact) mass is 322 g/mol. The van der Waals surface area contributed by atoms with Crippen LogP contribution in [0.25, 0.3) is 0 Å². The Balaban J connectivity index is 1.67. The van der Waals surface area contributed by atoms with Crippen LogP contribution >= 0.6 is 0 Å². The maximum Gasteiger partial charge on any atom is 0.321 e. The number of amides is 3. The summed E-state index contributed by atoms with van der Waals surface area (Å²) in [4.78, 5) is 34.7. The lowest BCUT2D eigenvalue weighted by atomic mass is 10.1. The van der Waals surface area contributed by atoms with Crippen molar-refractivity contribution in [2.24, 2.45) is 0 Å². The van der Waals surface area contributed by atoms with Gasteiger partial charge in [-0.05, 0) is 30.5 Å². The average Bonchev–Trinajstić information content (AvgIpc) is 2.98. The third-order valence-electron chi connectivity index (χ3n) is 3.55. The molecule has 0 radical (unpaired) electrons. The highest BCUT2D eigenvalue weighted by molar-refractivity contribution is 5.95. The molecule has 1 fully saturated rings. The fraction of sp³-hybridized carbons (Fsp3) is 0.438. The van der Waals surface area contributed by atoms with Gasteiger partial charge >= 0.3 is 12.0 Å². The number of benzene rings is 1. The summed E-state index contributed by atoms with van der Waals surface area (Å²) in [6, 6.07) is 5.07. The molecule has 124 valence electrons. The largest absolute Gasteiger partial charge is 0.455 e. The van der Waals surface area contributed by atoms with Crippen LogP contribution in [-0.4, -0.2) is 30.6 Å². The SMILES string of the molecule is O=C(COC(=O)Cc1cccc(F)c1)NC(=O)NC1CCCC1. The standard InChI is InChI=1S/C16H19FN2O4/c17-12-5-3-4-11(8-12)9-15(21)23-10-14(20)19-16(22)18-13-6-1-2-7-13/h3-5,8,13H,1-2,6-7,9-10H2,(H2,18,19,20,22). The Morgan fingerprint density at radius 3 is 2.65 bits per heavy atom. The number of hydrogen-bond acceptors (Lipinski definition) is 4. The smallest absolute Gasteiger partial charge is 0.321 e. The van der Waals surface area contributed by atoms with Crippen molar-refractivity contribution >= 4 is 17.9 Å². The second-order valence-corrected chi connectivity index (χ2v) is 5.47. The molecule has 2 N–H and O–H groups in total. The fourth-order valence-electron chi connectivity index (χ4n) is 2.47. The van der Waals surface area contributed by atoms with Crippen LogP contribution in [0.3, 0.4) is 0 Å². The first-order valence-electron chi connectivity index (χ1n) is 7.53. The lowest BCUT2D eigenvalue weighted by Crippen LogP contribution is -2.45. The minimum Gasteiger partial charge on any atom is -0.455 e. The third-order valence-corrected chi connectivity index (χ3v) is 3.55. The Kier molecular flexibility index (Phi) is 6.08. The lowest BCUT2D eigenvalue weighted by Gasteiger charge is -2.12. The van der Waals surface area contributed by atoms with Gasteiger partial charge in [-0.1, -0.05) is 25.0 Å². The number of hydrogen-bond donors (Lipinski definition) is 2. The van der Waals surface area contributed by atoms with E-state index in [1.54, 1.807) is 6.07 Å². The van der Waals surface area contributed by atoms with Crippen molar-refractivity contribution in [3.63, 3.8) is 0 Å².